The Morgan fingerprint density at radius 2 is 2.00 bits per heavy atom. The van der Waals surface area contributed by atoms with Crippen molar-refractivity contribution in [3.63, 3.8) is 0 Å². The molecule has 0 atom stereocenters. The number of aryl methyl sites for hydroxylation is 2. The number of amides is 1. The molecular formula is C23H27N7O2. The van der Waals surface area contributed by atoms with Crippen molar-refractivity contribution in [3.05, 3.63) is 75.7 Å². The highest BCUT2D eigenvalue weighted by atomic mass is 16.2. The molecule has 0 bridgehead atoms. The van der Waals surface area contributed by atoms with Crippen molar-refractivity contribution in [2.24, 2.45) is 0 Å². The number of carbonyl (C=O) groups is 1. The predicted molar refractivity (Wildman–Crippen MR) is 122 cm³/mol. The van der Waals surface area contributed by atoms with Gasteiger partial charge in [-0.3, -0.25) is 19.1 Å². The van der Waals surface area contributed by atoms with E-state index in [1.165, 1.54) is 4.57 Å². The summed E-state index contributed by atoms with van der Waals surface area (Å²) in [5.74, 6) is 0.410. The summed E-state index contributed by atoms with van der Waals surface area (Å²) >= 11 is 0. The van der Waals surface area contributed by atoms with Crippen molar-refractivity contribution in [1.29, 1.82) is 0 Å². The maximum Gasteiger partial charge on any atom is 0.293 e. The summed E-state index contributed by atoms with van der Waals surface area (Å²) in [6.07, 6.45) is 5.41. The van der Waals surface area contributed by atoms with Gasteiger partial charge in [-0.2, -0.15) is 0 Å². The fourth-order valence-corrected chi connectivity index (χ4v) is 3.68. The van der Waals surface area contributed by atoms with E-state index in [2.05, 4.69) is 25.6 Å². The molecule has 4 N–H and O–H groups in total. The molecule has 0 aromatic carbocycles. The number of aromatic nitrogens is 4. The first-order valence-electron chi connectivity index (χ1n) is 10.6. The third kappa shape index (κ3) is 4.61. The Bertz CT molecular complexity index is 1190. The Morgan fingerprint density at radius 1 is 1.19 bits per heavy atom. The zero-order chi connectivity index (χ0) is 22.7. The lowest BCUT2D eigenvalue weighted by atomic mass is 10.0. The van der Waals surface area contributed by atoms with Crippen LogP contribution < -0.4 is 21.9 Å². The number of nitrogen functional groups attached to an aromatic ring is 1. The van der Waals surface area contributed by atoms with Crippen molar-refractivity contribution in [3.8, 4) is 0 Å². The number of anilines is 2. The number of nitrogens with one attached hydrogen (secondary N) is 2. The van der Waals surface area contributed by atoms with Gasteiger partial charge in [-0.05, 0) is 50.5 Å². The molecule has 1 aliphatic rings. The van der Waals surface area contributed by atoms with Gasteiger partial charge in [0.05, 0.1) is 0 Å². The van der Waals surface area contributed by atoms with E-state index in [4.69, 9.17) is 5.73 Å². The van der Waals surface area contributed by atoms with Gasteiger partial charge in [-0.15, -0.1) is 0 Å². The van der Waals surface area contributed by atoms with Gasteiger partial charge in [0.25, 0.3) is 5.56 Å². The largest absolute Gasteiger partial charge is 0.384 e. The Hall–Kier alpha value is -3.75. The number of rotatable bonds is 8. The molecule has 1 aliphatic carbocycles. The summed E-state index contributed by atoms with van der Waals surface area (Å²) in [6.45, 7) is 4.40. The Kier molecular flexibility index (Phi) is 5.89. The molecule has 1 amide bonds. The first-order chi connectivity index (χ1) is 15.4. The summed E-state index contributed by atoms with van der Waals surface area (Å²) in [7, 11) is 0. The standard InChI is InChI=1S/C23H27N7O2/c1-15-11-27-21(28-14-23(8-9-23)18-5-3-4-10-25-18)22(32)30(15)13-20(31)26-12-17-6-7-19(24)29-16(17)2/h3-7,10-11H,8-9,12-14H2,1-2H3,(H2,24,29)(H,26,31)(H,27,28). The Labute approximate surface area is 186 Å². The third-order valence-electron chi connectivity index (χ3n) is 5.90. The van der Waals surface area contributed by atoms with Crippen molar-refractivity contribution < 1.29 is 4.79 Å². The summed E-state index contributed by atoms with van der Waals surface area (Å²) in [6, 6.07) is 9.41. The normalized spacial score (nSPS) is 14.1. The van der Waals surface area contributed by atoms with Crippen LogP contribution in [0.4, 0.5) is 11.6 Å². The van der Waals surface area contributed by atoms with Crippen molar-refractivity contribution in [1.82, 2.24) is 24.8 Å². The van der Waals surface area contributed by atoms with Crippen LogP contribution in [0.15, 0.2) is 47.5 Å². The van der Waals surface area contributed by atoms with Gasteiger partial charge in [0.1, 0.15) is 12.4 Å². The maximum atomic E-state index is 13.0. The van der Waals surface area contributed by atoms with Crippen LogP contribution in [0.3, 0.4) is 0 Å². The van der Waals surface area contributed by atoms with Crippen LogP contribution in [-0.2, 0) is 23.3 Å². The minimum Gasteiger partial charge on any atom is -0.384 e. The van der Waals surface area contributed by atoms with Crippen LogP contribution in [0.5, 0.6) is 0 Å². The quantitative estimate of drug-likeness (QED) is 0.493. The zero-order valence-electron chi connectivity index (χ0n) is 18.3. The summed E-state index contributed by atoms with van der Waals surface area (Å²) in [4.78, 5) is 38.4. The fourth-order valence-electron chi connectivity index (χ4n) is 3.68. The van der Waals surface area contributed by atoms with Crippen LogP contribution >= 0.6 is 0 Å². The summed E-state index contributed by atoms with van der Waals surface area (Å²) in [5.41, 5.74) is 8.56. The van der Waals surface area contributed by atoms with E-state index in [9.17, 15) is 9.59 Å². The fraction of sp³-hybridized carbons (Fsp3) is 0.348. The van der Waals surface area contributed by atoms with Crippen molar-refractivity contribution >= 4 is 17.5 Å². The summed E-state index contributed by atoms with van der Waals surface area (Å²) in [5, 5.41) is 6.03. The van der Waals surface area contributed by atoms with Gasteiger partial charge in [0.15, 0.2) is 5.82 Å². The lowest BCUT2D eigenvalue weighted by molar-refractivity contribution is -0.121. The molecule has 0 spiro atoms. The first-order valence-corrected chi connectivity index (χ1v) is 10.6. The van der Waals surface area contributed by atoms with Gasteiger partial charge in [0, 0.05) is 48.0 Å². The van der Waals surface area contributed by atoms with E-state index in [0.717, 1.165) is 29.8 Å². The van der Waals surface area contributed by atoms with Gasteiger partial charge in [-0.1, -0.05) is 12.1 Å². The maximum absolute atomic E-state index is 13.0. The average Bonchev–Trinajstić information content (AvgIpc) is 3.57. The number of hydrogen-bond acceptors (Lipinski definition) is 7. The van der Waals surface area contributed by atoms with E-state index >= 15 is 0 Å². The molecule has 166 valence electrons. The predicted octanol–water partition coefficient (Wildman–Crippen LogP) is 1.69. The molecule has 3 aromatic rings. The molecular weight excluding hydrogens is 406 g/mol. The van der Waals surface area contributed by atoms with E-state index < -0.39 is 0 Å². The molecule has 0 radical (unpaired) electrons. The second kappa shape index (κ2) is 8.78. The molecule has 1 fully saturated rings. The lowest BCUT2D eigenvalue weighted by Crippen LogP contribution is -2.35. The van der Waals surface area contributed by atoms with Crippen LogP contribution in [-0.4, -0.2) is 32.0 Å². The molecule has 9 heteroatoms. The number of hydrogen-bond donors (Lipinski definition) is 3. The van der Waals surface area contributed by atoms with Crippen LogP contribution in [0, 0.1) is 13.8 Å². The smallest absolute Gasteiger partial charge is 0.293 e. The van der Waals surface area contributed by atoms with Gasteiger partial charge < -0.3 is 16.4 Å². The highest BCUT2D eigenvalue weighted by molar-refractivity contribution is 5.75. The highest BCUT2D eigenvalue weighted by Crippen LogP contribution is 2.47. The van der Waals surface area contributed by atoms with Crippen LogP contribution in [0.2, 0.25) is 0 Å². The van der Waals surface area contributed by atoms with Gasteiger partial charge in [0.2, 0.25) is 5.91 Å². The minimum atomic E-state index is -0.317. The minimum absolute atomic E-state index is 0.0621. The van der Waals surface area contributed by atoms with Crippen molar-refractivity contribution in [2.45, 2.75) is 45.2 Å². The average molecular weight is 434 g/mol. The van der Waals surface area contributed by atoms with Crippen molar-refractivity contribution in [2.75, 3.05) is 17.6 Å². The first kappa shape index (κ1) is 21.5. The van der Waals surface area contributed by atoms with Crippen LogP contribution in [0.1, 0.15) is 35.5 Å². The van der Waals surface area contributed by atoms with E-state index in [1.54, 1.807) is 25.4 Å². The number of carbonyl (C=O) groups excluding carboxylic acids is 1. The number of nitrogens with zero attached hydrogens (tertiary/aromatic N) is 4. The molecule has 4 rings (SSSR count). The molecule has 9 nitrogen and oxygen atoms in total. The monoisotopic (exact) mass is 433 g/mol. The molecule has 1 saturated carbocycles. The molecule has 0 aliphatic heterocycles. The Balaban J connectivity index is 1.42. The molecule has 32 heavy (non-hydrogen) atoms. The number of pyridine rings is 2. The number of nitrogens with two attached hydrogens (primary N) is 1. The van der Waals surface area contributed by atoms with E-state index in [1.807, 2.05) is 31.2 Å². The second-order valence-electron chi connectivity index (χ2n) is 8.25. The molecule has 3 heterocycles. The third-order valence-corrected chi connectivity index (χ3v) is 5.90. The van der Waals surface area contributed by atoms with Gasteiger partial charge in [-0.25, -0.2) is 9.97 Å². The van der Waals surface area contributed by atoms with Gasteiger partial charge >= 0.3 is 0 Å². The second-order valence-corrected chi connectivity index (χ2v) is 8.25. The SMILES string of the molecule is Cc1nc(N)ccc1CNC(=O)Cn1c(C)cnc(NCC2(c3ccccn3)CC2)c1=O. The Morgan fingerprint density at radius 3 is 2.69 bits per heavy atom. The lowest BCUT2D eigenvalue weighted by Gasteiger charge is -2.17. The van der Waals surface area contributed by atoms with E-state index in [-0.39, 0.29) is 29.2 Å². The highest BCUT2D eigenvalue weighted by Gasteiger charge is 2.45. The molecule has 0 unspecified atom stereocenters. The molecule has 3 aromatic heterocycles. The zero-order valence-corrected chi connectivity index (χ0v) is 18.3. The summed E-state index contributed by atoms with van der Waals surface area (Å²) < 4.78 is 1.43. The molecule has 0 saturated heterocycles. The van der Waals surface area contributed by atoms with E-state index in [0.29, 0.717) is 24.6 Å². The van der Waals surface area contributed by atoms with Crippen LogP contribution in [0.25, 0.3) is 0 Å². The topological polar surface area (TPSA) is 128 Å².